The van der Waals surface area contributed by atoms with E-state index >= 15 is 0 Å². The highest BCUT2D eigenvalue weighted by molar-refractivity contribution is 8.00. The molecule has 0 unspecified atom stereocenters. The molecule has 5 nitrogen and oxygen atoms in total. The third-order valence-electron chi connectivity index (χ3n) is 4.52. The molecule has 0 saturated carbocycles. The van der Waals surface area contributed by atoms with E-state index in [1.807, 2.05) is 56.3 Å². The first kappa shape index (κ1) is 22.7. The van der Waals surface area contributed by atoms with Crippen LogP contribution in [0.3, 0.4) is 0 Å². The van der Waals surface area contributed by atoms with Gasteiger partial charge in [-0.1, -0.05) is 29.3 Å². The minimum absolute atomic E-state index is 0.151. The van der Waals surface area contributed by atoms with Crippen LogP contribution in [0.15, 0.2) is 65.6 Å². The van der Waals surface area contributed by atoms with Gasteiger partial charge in [-0.15, -0.1) is 11.8 Å². The second-order valence-electron chi connectivity index (χ2n) is 6.99. The Kier molecular flexibility index (Phi) is 7.60. The van der Waals surface area contributed by atoms with Crippen molar-refractivity contribution in [2.24, 2.45) is 0 Å². The lowest BCUT2D eigenvalue weighted by Gasteiger charge is -2.12. The van der Waals surface area contributed by atoms with E-state index in [0.717, 1.165) is 16.0 Å². The van der Waals surface area contributed by atoms with Gasteiger partial charge in [0.2, 0.25) is 5.91 Å². The first-order valence-corrected chi connectivity index (χ1v) is 11.0. The van der Waals surface area contributed by atoms with Crippen LogP contribution in [0.4, 0.5) is 11.4 Å². The lowest BCUT2D eigenvalue weighted by molar-refractivity contribution is -0.113. The molecule has 0 aliphatic rings. The van der Waals surface area contributed by atoms with Gasteiger partial charge in [-0.05, 0) is 61.9 Å². The number of halogens is 1. The van der Waals surface area contributed by atoms with Gasteiger partial charge in [-0.2, -0.15) is 0 Å². The molecule has 0 bridgehead atoms. The summed E-state index contributed by atoms with van der Waals surface area (Å²) in [4.78, 5) is 25.6. The number of benzene rings is 3. The number of ether oxygens (including phenoxy) is 1. The number of thioether (sulfide) groups is 1. The number of rotatable bonds is 7. The summed E-state index contributed by atoms with van der Waals surface area (Å²) in [6.07, 6.45) is 0. The van der Waals surface area contributed by atoms with Crippen molar-refractivity contribution in [2.45, 2.75) is 18.7 Å². The first-order chi connectivity index (χ1) is 14.9. The zero-order valence-electron chi connectivity index (χ0n) is 17.5. The van der Waals surface area contributed by atoms with E-state index in [4.69, 9.17) is 16.3 Å². The van der Waals surface area contributed by atoms with Crippen molar-refractivity contribution in [2.75, 3.05) is 23.5 Å². The third kappa shape index (κ3) is 6.26. The number of hydrogen-bond donors (Lipinski definition) is 2. The maximum Gasteiger partial charge on any atom is 0.255 e. The molecule has 0 aliphatic carbocycles. The number of anilines is 2. The molecule has 3 rings (SSSR count). The first-order valence-electron chi connectivity index (χ1n) is 9.60. The Morgan fingerprint density at radius 1 is 1.00 bits per heavy atom. The number of carbonyl (C=O) groups is 2. The summed E-state index contributed by atoms with van der Waals surface area (Å²) in [6, 6.07) is 18.3. The molecular formula is C24H23ClN2O3S. The lowest BCUT2D eigenvalue weighted by atomic mass is 10.1. The third-order valence-corrected chi connectivity index (χ3v) is 5.94. The molecule has 3 aromatic rings. The van der Waals surface area contributed by atoms with Crippen LogP contribution < -0.4 is 15.4 Å². The van der Waals surface area contributed by atoms with Crippen LogP contribution in [0.1, 0.15) is 21.5 Å². The van der Waals surface area contributed by atoms with Crippen LogP contribution in [0.5, 0.6) is 5.75 Å². The van der Waals surface area contributed by atoms with E-state index in [9.17, 15) is 9.59 Å². The molecule has 0 atom stereocenters. The van der Waals surface area contributed by atoms with E-state index in [2.05, 4.69) is 10.6 Å². The minimum atomic E-state index is -0.157. The standard InChI is InChI=1S/C24H23ClN2O3S/c1-15-5-4-6-17(11-15)24(29)26-18-7-9-19(10-8-18)31-14-23(28)27-21-12-16(2)20(25)13-22(21)30-3/h4-13H,14H2,1-3H3,(H,26,29)(H,27,28). The fourth-order valence-corrected chi connectivity index (χ4v) is 3.74. The van der Waals surface area contributed by atoms with Crippen molar-refractivity contribution in [1.29, 1.82) is 0 Å². The number of amides is 2. The topological polar surface area (TPSA) is 67.4 Å². The largest absolute Gasteiger partial charge is 0.495 e. The van der Waals surface area contributed by atoms with Crippen molar-refractivity contribution in [3.63, 3.8) is 0 Å². The summed E-state index contributed by atoms with van der Waals surface area (Å²) in [6.45, 7) is 3.81. The molecule has 0 radical (unpaired) electrons. The van der Waals surface area contributed by atoms with Crippen LogP contribution in [-0.4, -0.2) is 24.7 Å². The predicted molar refractivity (Wildman–Crippen MR) is 128 cm³/mol. The summed E-state index contributed by atoms with van der Waals surface area (Å²) < 4.78 is 5.29. The number of methoxy groups -OCH3 is 1. The average Bonchev–Trinajstić information content (AvgIpc) is 2.75. The van der Waals surface area contributed by atoms with Gasteiger partial charge in [0.05, 0.1) is 18.6 Å². The van der Waals surface area contributed by atoms with Crippen LogP contribution in [0.25, 0.3) is 0 Å². The highest BCUT2D eigenvalue weighted by atomic mass is 35.5. The summed E-state index contributed by atoms with van der Waals surface area (Å²) in [7, 11) is 1.53. The molecule has 2 amide bonds. The molecule has 7 heteroatoms. The normalized spacial score (nSPS) is 10.5. The molecule has 0 aliphatic heterocycles. The molecule has 0 heterocycles. The Balaban J connectivity index is 1.55. The molecule has 2 N–H and O–H groups in total. The maximum atomic E-state index is 12.4. The molecule has 160 valence electrons. The Morgan fingerprint density at radius 2 is 1.74 bits per heavy atom. The molecule has 3 aromatic carbocycles. The van der Waals surface area contributed by atoms with Crippen molar-refractivity contribution >= 4 is 46.6 Å². The number of carbonyl (C=O) groups excluding carboxylic acids is 2. The Morgan fingerprint density at radius 3 is 2.42 bits per heavy atom. The van der Waals surface area contributed by atoms with Crippen molar-refractivity contribution in [3.8, 4) is 5.75 Å². The summed E-state index contributed by atoms with van der Waals surface area (Å²) in [5, 5.41) is 6.32. The quantitative estimate of drug-likeness (QED) is 0.433. The van der Waals surface area contributed by atoms with Gasteiger partial charge < -0.3 is 15.4 Å². The highest BCUT2D eigenvalue weighted by Gasteiger charge is 2.11. The Hall–Kier alpha value is -2.96. The van der Waals surface area contributed by atoms with Crippen LogP contribution in [0, 0.1) is 13.8 Å². The van der Waals surface area contributed by atoms with E-state index in [1.54, 1.807) is 18.2 Å². The predicted octanol–water partition coefficient (Wildman–Crippen LogP) is 5.95. The minimum Gasteiger partial charge on any atom is -0.495 e. The van der Waals surface area contributed by atoms with Gasteiger partial charge in [0.25, 0.3) is 5.91 Å². The molecule has 0 spiro atoms. The number of hydrogen-bond acceptors (Lipinski definition) is 4. The number of nitrogens with one attached hydrogen (secondary N) is 2. The summed E-state index contributed by atoms with van der Waals surface area (Å²) >= 11 is 7.51. The van der Waals surface area contributed by atoms with Crippen molar-refractivity contribution < 1.29 is 14.3 Å². The van der Waals surface area contributed by atoms with E-state index in [1.165, 1.54) is 18.9 Å². The van der Waals surface area contributed by atoms with Crippen LogP contribution in [0.2, 0.25) is 5.02 Å². The summed E-state index contributed by atoms with van der Waals surface area (Å²) in [5.74, 6) is 0.444. The van der Waals surface area contributed by atoms with E-state index in [-0.39, 0.29) is 17.6 Å². The highest BCUT2D eigenvalue weighted by Crippen LogP contribution is 2.31. The van der Waals surface area contributed by atoms with Gasteiger partial charge in [0, 0.05) is 27.2 Å². The van der Waals surface area contributed by atoms with Crippen LogP contribution >= 0.6 is 23.4 Å². The second kappa shape index (κ2) is 10.4. The maximum absolute atomic E-state index is 12.4. The van der Waals surface area contributed by atoms with Crippen molar-refractivity contribution in [1.82, 2.24) is 0 Å². The van der Waals surface area contributed by atoms with E-state index in [0.29, 0.717) is 27.7 Å². The van der Waals surface area contributed by atoms with Gasteiger partial charge in [-0.3, -0.25) is 9.59 Å². The van der Waals surface area contributed by atoms with Gasteiger partial charge in [0.15, 0.2) is 0 Å². The average molecular weight is 455 g/mol. The SMILES string of the molecule is COc1cc(Cl)c(C)cc1NC(=O)CSc1ccc(NC(=O)c2cccc(C)c2)cc1. The Bertz CT molecular complexity index is 1100. The molecule has 0 saturated heterocycles. The summed E-state index contributed by atoms with van der Waals surface area (Å²) in [5.41, 5.74) is 3.78. The van der Waals surface area contributed by atoms with E-state index < -0.39 is 0 Å². The Labute approximate surface area is 191 Å². The molecule has 31 heavy (non-hydrogen) atoms. The fourth-order valence-electron chi connectivity index (χ4n) is 2.89. The zero-order valence-corrected chi connectivity index (χ0v) is 19.1. The second-order valence-corrected chi connectivity index (χ2v) is 8.44. The smallest absolute Gasteiger partial charge is 0.255 e. The molecule has 0 aromatic heterocycles. The van der Waals surface area contributed by atoms with Gasteiger partial charge >= 0.3 is 0 Å². The number of aryl methyl sites for hydroxylation is 2. The molecular weight excluding hydrogens is 432 g/mol. The van der Waals surface area contributed by atoms with Crippen LogP contribution in [-0.2, 0) is 4.79 Å². The van der Waals surface area contributed by atoms with Gasteiger partial charge in [-0.25, -0.2) is 0 Å². The van der Waals surface area contributed by atoms with Crippen molar-refractivity contribution in [3.05, 3.63) is 82.4 Å². The zero-order chi connectivity index (χ0) is 22.4. The lowest BCUT2D eigenvalue weighted by Crippen LogP contribution is -2.15. The van der Waals surface area contributed by atoms with Gasteiger partial charge in [0.1, 0.15) is 5.75 Å². The molecule has 0 fully saturated rings. The fraction of sp³-hybridized carbons (Fsp3) is 0.167. The monoisotopic (exact) mass is 454 g/mol.